The van der Waals surface area contributed by atoms with Gasteiger partial charge in [0, 0.05) is 38.3 Å². The van der Waals surface area contributed by atoms with E-state index in [1.165, 1.54) is 5.56 Å². The second-order valence-electron chi connectivity index (χ2n) is 9.51. The minimum Gasteiger partial charge on any atom is -0.444 e. The Labute approximate surface area is 209 Å². The predicted molar refractivity (Wildman–Crippen MR) is 139 cm³/mol. The van der Waals surface area contributed by atoms with Gasteiger partial charge in [0.1, 0.15) is 5.60 Å². The van der Waals surface area contributed by atoms with Crippen LogP contribution in [0.1, 0.15) is 52.5 Å². The lowest BCUT2D eigenvalue weighted by molar-refractivity contribution is 0.0507. The second kappa shape index (κ2) is 12.1. The van der Waals surface area contributed by atoms with E-state index in [0.717, 1.165) is 64.6 Å². The van der Waals surface area contributed by atoms with Gasteiger partial charge in [-0.25, -0.2) is 4.79 Å². The van der Waals surface area contributed by atoms with Crippen molar-refractivity contribution in [3.63, 3.8) is 0 Å². The Kier molecular flexibility index (Phi) is 10.1. The van der Waals surface area contributed by atoms with Gasteiger partial charge in [0.05, 0.1) is 12.6 Å². The number of alkyl carbamates (subject to hydrolysis) is 1. The number of nitrogens with one attached hydrogen (secondary N) is 2. The van der Waals surface area contributed by atoms with Gasteiger partial charge < -0.3 is 25.0 Å². The van der Waals surface area contributed by atoms with E-state index in [1.807, 2.05) is 20.8 Å². The maximum Gasteiger partial charge on any atom is 0.407 e. The molecule has 1 amide bonds. The van der Waals surface area contributed by atoms with Gasteiger partial charge in [0.25, 0.3) is 0 Å². The number of aliphatic imine (C=N–C) groups is 1. The number of guanidine groups is 1. The molecule has 2 aliphatic heterocycles. The van der Waals surface area contributed by atoms with Gasteiger partial charge in [-0.3, -0.25) is 4.99 Å². The minimum absolute atomic E-state index is 0. The maximum atomic E-state index is 12.1. The van der Waals surface area contributed by atoms with Crippen LogP contribution in [0.2, 0.25) is 0 Å². The third kappa shape index (κ3) is 7.50. The fourth-order valence-electron chi connectivity index (χ4n) is 4.29. The highest BCUT2D eigenvalue weighted by Gasteiger charge is 2.35. The molecule has 2 saturated heterocycles. The molecule has 2 aliphatic rings. The quantitative estimate of drug-likeness (QED) is 0.326. The maximum absolute atomic E-state index is 12.1. The number of amides is 1. The van der Waals surface area contributed by atoms with E-state index in [0.29, 0.717) is 0 Å². The van der Waals surface area contributed by atoms with Crippen LogP contribution in [-0.2, 0) is 14.9 Å². The van der Waals surface area contributed by atoms with Crippen LogP contribution in [-0.4, -0.2) is 68.0 Å². The molecule has 0 spiro atoms. The Morgan fingerprint density at radius 2 is 1.94 bits per heavy atom. The van der Waals surface area contributed by atoms with Gasteiger partial charge in [0.15, 0.2) is 5.96 Å². The number of rotatable bonds is 5. The summed E-state index contributed by atoms with van der Waals surface area (Å²) in [6, 6.07) is 10.8. The first-order valence-electron chi connectivity index (χ1n) is 11.5. The smallest absolute Gasteiger partial charge is 0.407 e. The molecule has 0 bridgehead atoms. The number of ether oxygens (including phenoxy) is 2. The van der Waals surface area contributed by atoms with Crippen molar-refractivity contribution >= 4 is 36.0 Å². The Bertz CT molecular complexity index is 745. The molecule has 7 nitrogen and oxygen atoms in total. The first-order chi connectivity index (χ1) is 14.8. The summed E-state index contributed by atoms with van der Waals surface area (Å²) in [5.41, 5.74) is 0.853. The number of halogens is 1. The van der Waals surface area contributed by atoms with Crippen LogP contribution < -0.4 is 10.6 Å². The molecule has 180 valence electrons. The highest BCUT2D eigenvalue weighted by Crippen LogP contribution is 2.35. The fourth-order valence-corrected chi connectivity index (χ4v) is 4.29. The third-order valence-electron chi connectivity index (χ3n) is 5.91. The molecule has 0 radical (unpaired) electrons. The van der Waals surface area contributed by atoms with Crippen LogP contribution in [0, 0.1) is 0 Å². The van der Waals surface area contributed by atoms with Crippen molar-refractivity contribution in [1.82, 2.24) is 15.5 Å². The normalized spacial score (nSPS) is 20.9. The van der Waals surface area contributed by atoms with Gasteiger partial charge in [-0.15, -0.1) is 24.0 Å². The number of nitrogens with zero attached hydrogens (tertiary/aromatic N) is 2. The lowest BCUT2D eigenvalue weighted by atomic mass is 9.74. The third-order valence-corrected chi connectivity index (χ3v) is 5.91. The molecule has 2 heterocycles. The zero-order valence-corrected chi connectivity index (χ0v) is 22.2. The zero-order chi connectivity index (χ0) is 22.3. The van der Waals surface area contributed by atoms with Crippen LogP contribution in [0.3, 0.4) is 0 Å². The largest absolute Gasteiger partial charge is 0.444 e. The van der Waals surface area contributed by atoms with Crippen LogP contribution in [0.4, 0.5) is 4.79 Å². The lowest BCUT2D eigenvalue weighted by Crippen LogP contribution is -2.45. The average Bonchev–Trinajstić information content (AvgIpc) is 3.19. The average molecular weight is 559 g/mol. The van der Waals surface area contributed by atoms with Crippen LogP contribution in [0.5, 0.6) is 0 Å². The van der Waals surface area contributed by atoms with Gasteiger partial charge in [-0.2, -0.15) is 0 Å². The Balaban J connectivity index is 0.00000363. The number of benzene rings is 1. The highest BCUT2D eigenvalue weighted by atomic mass is 127. The lowest BCUT2D eigenvalue weighted by Gasteiger charge is -2.37. The molecular formula is C24H39IN4O3. The summed E-state index contributed by atoms with van der Waals surface area (Å²) in [6.45, 7) is 12.4. The summed E-state index contributed by atoms with van der Waals surface area (Å²) in [5, 5.41) is 6.44. The standard InChI is InChI=1S/C24H38N4O3.HI/c1-5-25-21(28-14-11-20(17-28)27-22(29)31-23(2,3)4)26-18-24(12-15-30-16-13-24)19-9-7-6-8-10-19;/h6-10,20H,5,11-18H2,1-4H3,(H,25,26)(H,27,29);1H. The van der Waals surface area contributed by atoms with Crippen molar-refractivity contribution < 1.29 is 14.3 Å². The number of hydrogen-bond donors (Lipinski definition) is 2. The Morgan fingerprint density at radius 3 is 2.56 bits per heavy atom. The van der Waals surface area contributed by atoms with Crippen molar-refractivity contribution in [2.75, 3.05) is 39.4 Å². The molecule has 1 aromatic rings. The second-order valence-corrected chi connectivity index (χ2v) is 9.51. The predicted octanol–water partition coefficient (Wildman–Crippen LogP) is 3.92. The highest BCUT2D eigenvalue weighted by molar-refractivity contribution is 14.0. The van der Waals surface area contributed by atoms with E-state index in [-0.39, 0.29) is 41.5 Å². The first-order valence-corrected chi connectivity index (χ1v) is 11.5. The van der Waals surface area contributed by atoms with E-state index in [4.69, 9.17) is 14.5 Å². The minimum atomic E-state index is -0.492. The van der Waals surface area contributed by atoms with E-state index >= 15 is 0 Å². The molecule has 1 atom stereocenters. The van der Waals surface area contributed by atoms with Crippen molar-refractivity contribution in [1.29, 1.82) is 0 Å². The molecule has 0 aromatic heterocycles. The van der Waals surface area contributed by atoms with Gasteiger partial charge >= 0.3 is 6.09 Å². The van der Waals surface area contributed by atoms with E-state index in [9.17, 15) is 4.79 Å². The summed E-state index contributed by atoms with van der Waals surface area (Å²) >= 11 is 0. The van der Waals surface area contributed by atoms with E-state index < -0.39 is 5.60 Å². The number of carbonyl (C=O) groups is 1. The molecule has 32 heavy (non-hydrogen) atoms. The summed E-state index contributed by atoms with van der Waals surface area (Å²) in [6.07, 6.45) is 2.47. The Hall–Kier alpha value is -1.55. The van der Waals surface area contributed by atoms with Gasteiger partial charge in [-0.1, -0.05) is 30.3 Å². The fraction of sp³-hybridized carbons (Fsp3) is 0.667. The van der Waals surface area contributed by atoms with Crippen LogP contribution in [0.25, 0.3) is 0 Å². The monoisotopic (exact) mass is 558 g/mol. The summed E-state index contributed by atoms with van der Waals surface area (Å²) in [5.74, 6) is 0.915. The molecule has 8 heteroatoms. The topological polar surface area (TPSA) is 75.2 Å². The SMILES string of the molecule is CCNC(=NCC1(c2ccccc2)CCOCC1)N1CCC(NC(=O)OC(C)(C)C)C1.I. The van der Waals surface area contributed by atoms with Crippen molar-refractivity contribution in [3.8, 4) is 0 Å². The molecule has 1 aromatic carbocycles. The molecule has 1 unspecified atom stereocenters. The summed E-state index contributed by atoms with van der Waals surface area (Å²) in [4.78, 5) is 19.5. The number of likely N-dealkylation sites (tertiary alicyclic amines) is 1. The molecule has 3 rings (SSSR count). The van der Waals surface area contributed by atoms with Crippen molar-refractivity contribution in [3.05, 3.63) is 35.9 Å². The zero-order valence-electron chi connectivity index (χ0n) is 19.9. The van der Waals surface area contributed by atoms with E-state index in [2.05, 4.69) is 52.8 Å². The van der Waals surface area contributed by atoms with Crippen molar-refractivity contribution in [2.24, 2.45) is 4.99 Å². The Morgan fingerprint density at radius 1 is 1.25 bits per heavy atom. The van der Waals surface area contributed by atoms with Crippen molar-refractivity contribution in [2.45, 2.75) is 64.0 Å². The summed E-state index contributed by atoms with van der Waals surface area (Å²) < 4.78 is 11.1. The van der Waals surface area contributed by atoms with Gasteiger partial charge in [-0.05, 0) is 52.5 Å². The molecule has 0 aliphatic carbocycles. The van der Waals surface area contributed by atoms with Crippen LogP contribution >= 0.6 is 24.0 Å². The molecule has 0 saturated carbocycles. The van der Waals surface area contributed by atoms with Crippen LogP contribution in [0.15, 0.2) is 35.3 Å². The molecular weight excluding hydrogens is 519 g/mol. The van der Waals surface area contributed by atoms with Gasteiger partial charge in [0.2, 0.25) is 0 Å². The summed E-state index contributed by atoms with van der Waals surface area (Å²) in [7, 11) is 0. The number of carbonyl (C=O) groups excluding carboxylic acids is 1. The first kappa shape index (κ1) is 26.7. The molecule has 2 fully saturated rings. The molecule has 2 N–H and O–H groups in total. The van der Waals surface area contributed by atoms with E-state index in [1.54, 1.807) is 0 Å². The number of hydrogen-bond acceptors (Lipinski definition) is 4.